The Labute approximate surface area is 185 Å². The molecule has 2 aromatic heterocycles. The van der Waals surface area contributed by atoms with Crippen molar-refractivity contribution in [3.05, 3.63) is 54.2 Å². The van der Waals surface area contributed by atoms with Crippen molar-refractivity contribution in [2.24, 2.45) is 5.92 Å². The summed E-state index contributed by atoms with van der Waals surface area (Å²) in [7, 11) is 0. The van der Waals surface area contributed by atoms with E-state index in [4.69, 9.17) is 13.9 Å². The Bertz CT molecular complexity index is 1000. The minimum Gasteiger partial charge on any atom is -0.490 e. The second kappa shape index (κ2) is 9.91. The molecule has 0 bridgehead atoms. The largest absolute Gasteiger partial charge is 0.490 e. The molecular weight excluding hydrogens is 416 g/mol. The van der Waals surface area contributed by atoms with E-state index in [0.29, 0.717) is 24.9 Å². The van der Waals surface area contributed by atoms with E-state index in [1.165, 1.54) is 11.8 Å². The molecule has 1 atom stereocenters. The Balaban J connectivity index is 1.39. The van der Waals surface area contributed by atoms with Crippen LogP contribution in [0.15, 0.2) is 52.5 Å². The number of hydrogen-bond donors (Lipinski definition) is 1. The molecule has 9 heteroatoms. The lowest BCUT2D eigenvalue weighted by Crippen LogP contribution is -2.33. The Kier molecular flexibility index (Phi) is 6.81. The first-order valence-electron chi connectivity index (χ1n) is 10.3. The Morgan fingerprint density at radius 2 is 2.06 bits per heavy atom. The molecule has 0 aliphatic carbocycles. The van der Waals surface area contributed by atoms with Gasteiger partial charge in [-0.3, -0.25) is 4.79 Å². The van der Waals surface area contributed by atoms with Crippen LogP contribution in [0.25, 0.3) is 0 Å². The van der Waals surface area contributed by atoms with E-state index < -0.39 is 0 Å². The third-order valence-electron chi connectivity index (χ3n) is 4.93. The SMILES string of the molecule is CC(C)[C@@H](NC(=O)CSc1nncn1Cc1ccco1)c1ccc2c(c1)OCCCO2. The highest BCUT2D eigenvalue weighted by Crippen LogP contribution is 2.34. The summed E-state index contributed by atoms with van der Waals surface area (Å²) in [5, 5.41) is 11.9. The van der Waals surface area contributed by atoms with Gasteiger partial charge in [-0.2, -0.15) is 0 Å². The number of amides is 1. The van der Waals surface area contributed by atoms with E-state index in [2.05, 4.69) is 29.4 Å². The van der Waals surface area contributed by atoms with Crippen molar-refractivity contribution >= 4 is 17.7 Å². The van der Waals surface area contributed by atoms with Crippen LogP contribution in [0.3, 0.4) is 0 Å². The molecular formula is C22H26N4O4S. The molecule has 0 saturated heterocycles. The van der Waals surface area contributed by atoms with Gasteiger partial charge in [-0.15, -0.1) is 10.2 Å². The van der Waals surface area contributed by atoms with Crippen LogP contribution in [0, 0.1) is 5.92 Å². The number of rotatable bonds is 8. The van der Waals surface area contributed by atoms with Crippen LogP contribution in [-0.2, 0) is 11.3 Å². The zero-order valence-corrected chi connectivity index (χ0v) is 18.4. The molecule has 1 N–H and O–H groups in total. The lowest BCUT2D eigenvalue weighted by atomic mass is 9.95. The van der Waals surface area contributed by atoms with Crippen LogP contribution in [0.5, 0.6) is 11.5 Å². The maximum absolute atomic E-state index is 12.7. The molecule has 1 amide bonds. The van der Waals surface area contributed by atoms with Gasteiger partial charge in [0.1, 0.15) is 12.1 Å². The topological polar surface area (TPSA) is 91.4 Å². The summed E-state index contributed by atoms with van der Waals surface area (Å²) in [6.07, 6.45) is 4.12. The molecule has 4 rings (SSSR count). The van der Waals surface area contributed by atoms with Crippen molar-refractivity contribution in [3.8, 4) is 11.5 Å². The third-order valence-corrected chi connectivity index (χ3v) is 5.91. The standard InChI is InChI=1S/C22H26N4O4S/c1-15(2)21(16-6-7-18-19(11-16)30-10-4-9-29-18)24-20(27)13-31-22-25-23-14-26(22)12-17-5-3-8-28-17/h3,5-8,11,14-15,21H,4,9-10,12-13H2,1-2H3,(H,24,27)/t21-/m1/s1. The van der Waals surface area contributed by atoms with Crippen LogP contribution in [0.2, 0.25) is 0 Å². The van der Waals surface area contributed by atoms with E-state index in [-0.39, 0.29) is 23.6 Å². The Morgan fingerprint density at radius 1 is 1.23 bits per heavy atom. The number of carbonyl (C=O) groups excluding carboxylic acids is 1. The number of hydrogen-bond acceptors (Lipinski definition) is 7. The molecule has 1 aliphatic heterocycles. The Morgan fingerprint density at radius 3 is 2.84 bits per heavy atom. The molecule has 8 nitrogen and oxygen atoms in total. The number of thioether (sulfide) groups is 1. The number of nitrogens with one attached hydrogen (secondary N) is 1. The van der Waals surface area contributed by atoms with Gasteiger partial charge >= 0.3 is 0 Å². The quantitative estimate of drug-likeness (QED) is 0.532. The van der Waals surface area contributed by atoms with Crippen molar-refractivity contribution < 1.29 is 18.7 Å². The highest BCUT2D eigenvalue weighted by atomic mass is 32.2. The second-order valence-corrected chi connectivity index (χ2v) is 8.60. The number of furan rings is 1. The maximum atomic E-state index is 12.7. The summed E-state index contributed by atoms with van der Waals surface area (Å²) in [6, 6.07) is 9.48. The monoisotopic (exact) mass is 442 g/mol. The van der Waals surface area contributed by atoms with Gasteiger partial charge in [0, 0.05) is 6.42 Å². The van der Waals surface area contributed by atoms with Gasteiger partial charge in [0.25, 0.3) is 0 Å². The molecule has 3 heterocycles. The fraction of sp³-hybridized carbons (Fsp3) is 0.409. The average Bonchev–Trinajstić information content (AvgIpc) is 3.37. The lowest BCUT2D eigenvalue weighted by molar-refractivity contribution is -0.119. The first-order chi connectivity index (χ1) is 15.1. The fourth-order valence-corrected chi connectivity index (χ4v) is 4.11. The minimum absolute atomic E-state index is 0.0663. The van der Waals surface area contributed by atoms with E-state index >= 15 is 0 Å². The summed E-state index contributed by atoms with van der Waals surface area (Å²) >= 11 is 1.35. The van der Waals surface area contributed by atoms with Crippen LogP contribution in [0.1, 0.15) is 37.6 Å². The van der Waals surface area contributed by atoms with Gasteiger partial charge in [-0.05, 0) is 35.7 Å². The minimum atomic E-state index is -0.133. The molecule has 0 spiro atoms. The molecule has 1 aliphatic rings. The normalized spacial score (nSPS) is 14.3. The van der Waals surface area contributed by atoms with Gasteiger partial charge in [-0.1, -0.05) is 31.7 Å². The molecule has 1 aromatic carbocycles. The molecule has 31 heavy (non-hydrogen) atoms. The number of benzene rings is 1. The van der Waals surface area contributed by atoms with Crippen LogP contribution in [0.4, 0.5) is 0 Å². The van der Waals surface area contributed by atoms with Crippen LogP contribution < -0.4 is 14.8 Å². The van der Waals surface area contributed by atoms with Crippen molar-refractivity contribution in [2.45, 2.75) is 38.0 Å². The average molecular weight is 443 g/mol. The number of fused-ring (bicyclic) bond motifs is 1. The molecule has 0 unspecified atom stereocenters. The molecule has 0 radical (unpaired) electrons. The van der Waals surface area contributed by atoms with E-state index in [0.717, 1.165) is 29.2 Å². The summed E-state index contributed by atoms with van der Waals surface area (Å²) in [4.78, 5) is 12.7. The predicted octanol–water partition coefficient (Wildman–Crippen LogP) is 3.69. The number of ether oxygens (including phenoxy) is 2. The fourth-order valence-electron chi connectivity index (χ4n) is 3.39. The van der Waals surface area contributed by atoms with E-state index in [9.17, 15) is 4.79 Å². The highest BCUT2D eigenvalue weighted by Gasteiger charge is 2.21. The Hall–Kier alpha value is -2.94. The highest BCUT2D eigenvalue weighted by molar-refractivity contribution is 7.99. The van der Waals surface area contributed by atoms with Gasteiger partial charge in [0.05, 0.1) is 37.8 Å². The summed E-state index contributed by atoms with van der Waals surface area (Å²) in [5.74, 6) is 2.67. The molecule has 164 valence electrons. The van der Waals surface area contributed by atoms with Gasteiger partial charge in [0.2, 0.25) is 5.91 Å². The second-order valence-electron chi connectivity index (χ2n) is 7.66. The third kappa shape index (κ3) is 5.41. The van der Waals surface area contributed by atoms with Crippen molar-refractivity contribution in [2.75, 3.05) is 19.0 Å². The molecule has 3 aromatic rings. The number of nitrogens with zero attached hydrogens (tertiary/aromatic N) is 3. The first kappa shape index (κ1) is 21.3. The lowest BCUT2D eigenvalue weighted by Gasteiger charge is -2.24. The number of carbonyl (C=O) groups is 1. The van der Waals surface area contributed by atoms with Crippen LogP contribution in [-0.4, -0.2) is 39.6 Å². The molecule has 0 fully saturated rings. The van der Waals surface area contributed by atoms with Gasteiger partial charge in [-0.25, -0.2) is 0 Å². The van der Waals surface area contributed by atoms with E-state index in [1.807, 2.05) is 34.9 Å². The maximum Gasteiger partial charge on any atom is 0.230 e. The zero-order chi connectivity index (χ0) is 21.6. The van der Waals surface area contributed by atoms with Crippen LogP contribution >= 0.6 is 11.8 Å². The van der Waals surface area contributed by atoms with Crippen molar-refractivity contribution in [3.63, 3.8) is 0 Å². The summed E-state index contributed by atoms with van der Waals surface area (Å²) in [6.45, 7) is 5.97. The molecule has 0 saturated carbocycles. The number of aromatic nitrogens is 3. The van der Waals surface area contributed by atoms with Gasteiger partial charge in [0.15, 0.2) is 16.7 Å². The van der Waals surface area contributed by atoms with E-state index in [1.54, 1.807) is 12.6 Å². The smallest absolute Gasteiger partial charge is 0.230 e. The first-order valence-corrected chi connectivity index (χ1v) is 11.3. The van der Waals surface area contributed by atoms with Crippen molar-refractivity contribution in [1.29, 1.82) is 0 Å². The van der Waals surface area contributed by atoms with Gasteiger partial charge < -0.3 is 23.8 Å². The zero-order valence-electron chi connectivity index (χ0n) is 17.6. The summed E-state index contributed by atoms with van der Waals surface area (Å²) in [5.41, 5.74) is 0.999. The predicted molar refractivity (Wildman–Crippen MR) is 116 cm³/mol. The van der Waals surface area contributed by atoms with Crippen molar-refractivity contribution in [1.82, 2.24) is 20.1 Å². The summed E-state index contributed by atoms with van der Waals surface area (Å²) < 4.78 is 18.8.